The molecular weight excluding hydrogens is 328 g/mol. The van der Waals surface area contributed by atoms with Crippen molar-refractivity contribution in [1.82, 2.24) is 20.2 Å². The normalized spacial score (nSPS) is 10.7. The molecule has 7 heteroatoms. The SMILES string of the molecule is COc1ccc(Nc2nc(Nc3ccc(C)cc3)c3cn[nH]c3n2)cc1. The summed E-state index contributed by atoms with van der Waals surface area (Å²) in [4.78, 5) is 9.08. The molecule has 2 heterocycles. The van der Waals surface area contributed by atoms with Gasteiger partial charge < -0.3 is 15.4 Å². The van der Waals surface area contributed by atoms with E-state index in [-0.39, 0.29) is 0 Å². The lowest BCUT2D eigenvalue weighted by Gasteiger charge is -2.10. The molecule has 26 heavy (non-hydrogen) atoms. The molecule has 0 unspecified atom stereocenters. The van der Waals surface area contributed by atoms with Crippen LogP contribution < -0.4 is 15.4 Å². The molecule has 0 aliphatic rings. The predicted octanol–water partition coefficient (Wildman–Crippen LogP) is 4.16. The van der Waals surface area contributed by atoms with E-state index in [1.165, 1.54) is 5.56 Å². The third-order valence-electron chi connectivity index (χ3n) is 3.97. The Hall–Kier alpha value is -3.61. The summed E-state index contributed by atoms with van der Waals surface area (Å²) >= 11 is 0. The number of methoxy groups -OCH3 is 1. The van der Waals surface area contributed by atoms with Crippen LogP contribution in [0.4, 0.5) is 23.1 Å². The van der Waals surface area contributed by atoms with Crippen molar-refractivity contribution in [3.63, 3.8) is 0 Å². The highest BCUT2D eigenvalue weighted by Crippen LogP contribution is 2.25. The first-order valence-corrected chi connectivity index (χ1v) is 8.17. The summed E-state index contributed by atoms with van der Waals surface area (Å²) in [6.07, 6.45) is 1.71. The minimum absolute atomic E-state index is 0.474. The highest BCUT2D eigenvalue weighted by Gasteiger charge is 2.10. The number of anilines is 4. The fraction of sp³-hybridized carbons (Fsp3) is 0.105. The summed E-state index contributed by atoms with van der Waals surface area (Å²) in [5.74, 6) is 1.95. The lowest BCUT2D eigenvalue weighted by Crippen LogP contribution is -2.02. The van der Waals surface area contributed by atoms with Crippen LogP contribution in [0.5, 0.6) is 5.75 Å². The van der Waals surface area contributed by atoms with E-state index in [1.807, 2.05) is 48.5 Å². The molecule has 0 bridgehead atoms. The van der Waals surface area contributed by atoms with Gasteiger partial charge in [0.1, 0.15) is 11.6 Å². The number of hydrogen-bond donors (Lipinski definition) is 3. The quantitative estimate of drug-likeness (QED) is 0.503. The Morgan fingerprint density at radius 1 is 0.885 bits per heavy atom. The number of H-pyrrole nitrogens is 1. The summed E-state index contributed by atoms with van der Waals surface area (Å²) in [6.45, 7) is 2.06. The number of rotatable bonds is 5. The molecule has 0 atom stereocenters. The molecule has 4 rings (SSSR count). The van der Waals surface area contributed by atoms with Crippen molar-refractivity contribution < 1.29 is 4.74 Å². The number of aromatic amines is 1. The van der Waals surface area contributed by atoms with Crippen LogP contribution in [0, 0.1) is 6.92 Å². The minimum atomic E-state index is 0.474. The van der Waals surface area contributed by atoms with E-state index >= 15 is 0 Å². The molecule has 0 amide bonds. The first-order valence-electron chi connectivity index (χ1n) is 8.17. The lowest BCUT2D eigenvalue weighted by molar-refractivity contribution is 0.415. The second-order valence-electron chi connectivity index (χ2n) is 5.87. The van der Waals surface area contributed by atoms with E-state index < -0.39 is 0 Å². The van der Waals surface area contributed by atoms with Crippen LogP contribution in [0.1, 0.15) is 5.56 Å². The second kappa shape index (κ2) is 6.72. The van der Waals surface area contributed by atoms with Gasteiger partial charge in [0.25, 0.3) is 0 Å². The van der Waals surface area contributed by atoms with Gasteiger partial charge >= 0.3 is 0 Å². The highest BCUT2D eigenvalue weighted by molar-refractivity contribution is 5.89. The topological polar surface area (TPSA) is 87.8 Å². The summed E-state index contributed by atoms with van der Waals surface area (Å²) in [5, 5.41) is 14.3. The van der Waals surface area contributed by atoms with Gasteiger partial charge in [-0.25, -0.2) is 0 Å². The first-order chi connectivity index (χ1) is 12.7. The molecule has 0 radical (unpaired) electrons. The molecule has 0 fully saturated rings. The third kappa shape index (κ3) is 3.27. The average molecular weight is 346 g/mol. The van der Waals surface area contributed by atoms with Crippen molar-refractivity contribution in [1.29, 1.82) is 0 Å². The van der Waals surface area contributed by atoms with E-state index in [9.17, 15) is 0 Å². The number of benzene rings is 2. The molecule has 130 valence electrons. The van der Waals surface area contributed by atoms with E-state index in [0.29, 0.717) is 17.4 Å². The zero-order valence-corrected chi connectivity index (χ0v) is 14.4. The molecule has 0 aliphatic carbocycles. The Balaban J connectivity index is 1.66. The molecule has 2 aromatic carbocycles. The molecule has 0 aliphatic heterocycles. The van der Waals surface area contributed by atoms with E-state index in [1.54, 1.807) is 13.3 Å². The van der Waals surface area contributed by atoms with E-state index in [0.717, 1.165) is 22.5 Å². The Morgan fingerprint density at radius 2 is 1.58 bits per heavy atom. The summed E-state index contributed by atoms with van der Waals surface area (Å²) < 4.78 is 5.18. The third-order valence-corrected chi connectivity index (χ3v) is 3.97. The first kappa shape index (κ1) is 15.9. The van der Waals surface area contributed by atoms with Crippen LogP contribution >= 0.6 is 0 Å². The van der Waals surface area contributed by atoms with Gasteiger partial charge in [-0.1, -0.05) is 17.7 Å². The van der Waals surface area contributed by atoms with Gasteiger partial charge in [-0.15, -0.1) is 0 Å². The van der Waals surface area contributed by atoms with Crippen molar-refractivity contribution >= 4 is 34.2 Å². The fourth-order valence-corrected chi connectivity index (χ4v) is 2.56. The van der Waals surface area contributed by atoms with Crippen molar-refractivity contribution in [3.8, 4) is 5.75 Å². The van der Waals surface area contributed by atoms with Crippen molar-refractivity contribution in [2.75, 3.05) is 17.7 Å². The van der Waals surface area contributed by atoms with Crippen LogP contribution in [0.3, 0.4) is 0 Å². The molecule has 0 saturated carbocycles. The van der Waals surface area contributed by atoms with Gasteiger partial charge in [0.05, 0.1) is 18.7 Å². The lowest BCUT2D eigenvalue weighted by atomic mass is 10.2. The van der Waals surface area contributed by atoms with Crippen LogP contribution in [-0.4, -0.2) is 27.3 Å². The monoisotopic (exact) mass is 346 g/mol. The van der Waals surface area contributed by atoms with E-state index in [4.69, 9.17) is 4.74 Å². The minimum Gasteiger partial charge on any atom is -0.497 e. The largest absolute Gasteiger partial charge is 0.497 e. The smallest absolute Gasteiger partial charge is 0.231 e. The van der Waals surface area contributed by atoms with Gasteiger partial charge in [-0.05, 0) is 43.3 Å². The number of fused-ring (bicyclic) bond motifs is 1. The van der Waals surface area contributed by atoms with E-state index in [2.05, 4.69) is 37.7 Å². The fourth-order valence-electron chi connectivity index (χ4n) is 2.56. The van der Waals surface area contributed by atoms with Crippen LogP contribution in [0.25, 0.3) is 11.0 Å². The van der Waals surface area contributed by atoms with Gasteiger partial charge in [0.2, 0.25) is 5.95 Å². The van der Waals surface area contributed by atoms with Gasteiger partial charge in [-0.2, -0.15) is 15.1 Å². The second-order valence-corrected chi connectivity index (χ2v) is 5.87. The van der Waals surface area contributed by atoms with Crippen molar-refractivity contribution in [2.24, 2.45) is 0 Å². The Morgan fingerprint density at radius 3 is 2.31 bits per heavy atom. The maximum atomic E-state index is 5.18. The number of aromatic nitrogens is 4. The maximum absolute atomic E-state index is 5.18. The molecular formula is C19H18N6O. The zero-order chi connectivity index (χ0) is 17.9. The van der Waals surface area contributed by atoms with Crippen molar-refractivity contribution in [2.45, 2.75) is 6.92 Å². The van der Waals surface area contributed by atoms with Gasteiger partial charge in [0, 0.05) is 11.4 Å². The summed E-state index contributed by atoms with van der Waals surface area (Å²) in [7, 11) is 1.64. The number of hydrogen-bond acceptors (Lipinski definition) is 6. The molecule has 7 nitrogen and oxygen atoms in total. The van der Waals surface area contributed by atoms with Crippen LogP contribution in [-0.2, 0) is 0 Å². The van der Waals surface area contributed by atoms with Gasteiger partial charge in [-0.3, -0.25) is 5.10 Å². The molecule has 3 N–H and O–H groups in total. The Labute approximate surface area is 150 Å². The zero-order valence-electron chi connectivity index (χ0n) is 14.4. The van der Waals surface area contributed by atoms with Crippen LogP contribution in [0.15, 0.2) is 54.7 Å². The number of ether oxygens (including phenoxy) is 1. The maximum Gasteiger partial charge on any atom is 0.231 e. The Kier molecular flexibility index (Phi) is 4.10. The molecule has 0 saturated heterocycles. The number of nitrogens with zero attached hydrogens (tertiary/aromatic N) is 3. The molecule has 2 aromatic heterocycles. The standard InChI is InChI=1S/C19H18N6O/c1-12-3-5-13(6-4-12)21-17-16-11-20-25-18(16)24-19(23-17)22-14-7-9-15(26-2)10-8-14/h3-11H,1-2H3,(H3,20,21,22,23,24,25). The molecule has 0 spiro atoms. The van der Waals surface area contributed by atoms with Gasteiger partial charge in [0.15, 0.2) is 5.65 Å². The van der Waals surface area contributed by atoms with Crippen LogP contribution in [0.2, 0.25) is 0 Å². The molecule has 4 aromatic rings. The Bertz CT molecular complexity index is 1020. The summed E-state index contributed by atoms with van der Waals surface area (Å²) in [6, 6.07) is 15.7. The predicted molar refractivity (Wildman–Crippen MR) is 102 cm³/mol. The van der Waals surface area contributed by atoms with Crippen molar-refractivity contribution in [3.05, 3.63) is 60.3 Å². The summed E-state index contributed by atoms with van der Waals surface area (Å²) in [5.41, 5.74) is 3.68. The number of aryl methyl sites for hydroxylation is 1. The average Bonchev–Trinajstić information content (AvgIpc) is 3.13. The number of nitrogens with one attached hydrogen (secondary N) is 3. The highest BCUT2D eigenvalue weighted by atomic mass is 16.5.